The first-order valence-corrected chi connectivity index (χ1v) is 9.65. The van der Waals surface area contributed by atoms with E-state index in [2.05, 4.69) is 17.0 Å². The summed E-state index contributed by atoms with van der Waals surface area (Å²) >= 11 is 0. The molecule has 0 N–H and O–H groups in total. The van der Waals surface area contributed by atoms with E-state index in [0.29, 0.717) is 5.75 Å². The summed E-state index contributed by atoms with van der Waals surface area (Å²) in [4.78, 5) is 13.5. The number of carbonyl (C=O) groups excluding carboxylic acids is 1. The molecule has 28 heavy (non-hydrogen) atoms. The fraction of sp³-hybridized carbons (Fsp3) is 0.409. The Kier molecular flexibility index (Phi) is 5.78. The molecule has 6 nitrogen and oxygen atoms in total. The van der Waals surface area contributed by atoms with Crippen LogP contribution in [0.4, 0.5) is 0 Å². The van der Waals surface area contributed by atoms with Crippen LogP contribution in [0.25, 0.3) is 0 Å². The molecule has 0 aromatic heterocycles. The summed E-state index contributed by atoms with van der Waals surface area (Å²) in [6, 6.07) is 13.8. The molecular weight excluding hydrogens is 358 g/mol. The van der Waals surface area contributed by atoms with E-state index in [0.717, 1.165) is 56.1 Å². The molecule has 0 aliphatic carbocycles. The maximum absolute atomic E-state index is 11.1. The predicted octanol–water partition coefficient (Wildman–Crippen LogP) is 3.52. The Morgan fingerprint density at radius 1 is 1.07 bits per heavy atom. The molecule has 6 heteroatoms. The van der Waals surface area contributed by atoms with E-state index >= 15 is 0 Å². The van der Waals surface area contributed by atoms with Crippen molar-refractivity contribution in [2.75, 3.05) is 19.9 Å². The maximum atomic E-state index is 11.1. The summed E-state index contributed by atoms with van der Waals surface area (Å²) in [7, 11) is 0. The minimum Gasteiger partial charge on any atom is -0.454 e. The zero-order valence-electron chi connectivity index (χ0n) is 16.1. The fourth-order valence-corrected chi connectivity index (χ4v) is 3.65. The third kappa shape index (κ3) is 4.82. The van der Waals surface area contributed by atoms with Crippen molar-refractivity contribution in [2.45, 2.75) is 39.0 Å². The number of hydrogen-bond acceptors (Lipinski definition) is 6. The van der Waals surface area contributed by atoms with Crippen LogP contribution in [-0.2, 0) is 22.6 Å². The molecule has 1 atom stereocenters. The highest BCUT2D eigenvalue weighted by atomic mass is 16.7. The second kappa shape index (κ2) is 8.63. The zero-order chi connectivity index (χ0) is 19.3. The standard InChI is InChI=1S/C22H25NO5/c1-16(24)28-19-7-4-17(5-8-19)12-23(14-20-3-2-10-25-20)13-18-6-9-21-22(11-18)27-15-26-21/h4-9,11,20H,2-3,10,12-15H2,1H3/t20-/m1/s1. The monoisotopic (exact) mass is 383 g/mol. The summed E-state index contributed by atoms with van der Waals surface area (Å²) in [5.41, 5.74) is 2.34. The van der Waals surface area contributed by atoms with Crippen molar-refractivity contribution in [1.82, 2.24) is 4.90 Å². The van der Waals surface area contributed by atoms with Crippen LogP contribution < -0.4 is 14.2 Å². The lowest BCUT2D eigenvalue weighted by atomic mass is 10.1. The number of carbonyl (C=O) groups is 1. The van der Waals surface area contributed by atoms with Gasteiger partial charge in [0.25, 0.3) is 0 Å². The van der Waals surface area contributed by atoms with E-state index in [1.165, 1.54) is 12.5 Å². The molecule has 2 heterocycles. The van der Waals surface area contributed by atoms with E-state index in [4.69, 9.17) is 18.9 Å². The zero-order valence-corrected chi connectivity index (χ0v) is 16.1. The number of benzene rings is 2. The van der Waals surface area contributed by atoms with Gasteiger partial charge in [-0.2, -0.15) is 0 Å². The van der Waals surface area contributed by atoms with E-state index in [1.54, 1.807) is 0 Å². The second-order valence-electron chi connectivity index (χ2n) is 7.23. The molecule has 0 unspecified atom stereocenters. The smallest absolute Gasteiger partial charge is 0.308 e. The number of nitrogens with zero attached hydrogens (tertiary/aromatic N) is 1. The van der Waals surface area contributed by atoms with Crippen LogP contribution in [0.5, 0.6) is 17.2 Å². The van der Waals surface area contributed by atoms with E-state index in [9.17, 15) is 4.79 Å². The third-order valence-electron chi connectivity index (χ3n) is 4.92. The highest BCUT2D eigenvalue weighted by Gasteiger charge is 2.21. The van der Waals surface area contributed by atoms with E-state index < -0.39 is 0 Å². The SMILES string of the molecule is CC(=O)Oc1ccc(CN(Cc2ccc3c(c2)OCO3)C[C@H]2CCCO2)cc1. The summed E-state index contributed by atoms with van der Waals surface area (Å²) in [6.45, 7) is 4.99. The van der Waals surface area contributed by atoms with Crippen molar-refractivity contribution in [3.05, 3.63) is 53.6 Å². The van der Waals surface area contributed by atoms with Gasteiger partial charge in [-0.05, 0) is 48.2 Å². The second-order valence-corrected chi connectivity index (χ2v) is 7.23. The summed E-state index contributed by atoms with van der Waals surface area (Å²) in [5.74, 6) is 1.86. The maximum Gasteiger partial charge on any atom is 0.308 e. The minimum atomic E-state index is -0.310. The normalized spacial score (nSPS) is 17.9. The van der Waals surface area contributed by atoms with Gasteiger partial charge in [0.1, 0.15) is 5.75 Å². The molecule has 2 aromatic carbocycles. The predicted molar refractivity (Wildman–Crippen MR) is 103 cm³/mol. The number of esters is 1. The number of hydrogen-bond donors (Lipinski definition) is 0. The van der Waals surface area contributed by atoms with Gasteiger partial charge >= 0.3 is 5.97 Å². The largest absolute Gasteiger partial charge is 0.454 e. The van der Waals surface area contributed by atoms with Crippen LogP contribution in [0.2, 0.25) is 0 Å². The number of fused-ring (bicyclic) bond motifs is 1. The van der Waals surface area contributed by atoms with Gasteiger partial charge in [0.05, 0.1) is 6.10 Å². The lowest BCUT2D eigenvalue weighted by Crippen LogP contribution is -2.31. The van der Waals surface area contributed by atoms with Crippen molar-refractivity contribution in [3.63, 3.8) is 0 Å². The number of rotatable bonds is 7. The lowest BCUT2D eigenvalue weighted by molar-refractivity contribution is -0.131. The summed E-state index contributed by atoms with van der Waals surface area (Å²) in [5, 5.41) is 0. The average Bonchev–Trinajstić information content (AvgIpc) is 3.34. The molecule has 0 saturated carbocycles. The van der Waals surface area contributed by atoms with Gasteiger partial charge in [-0.25, -0.2) is 0 Å². The van der Waals surface area contributed by atoms with Crippen molar-refractivity contribution < 1.29 is 23.7 Å². The van der Waals surface area contributed by atoms with Crippen LogP contribution in [0, 0.1) is 0 Å². The summed E-state index contributed by atoms with van der Waals surface area (Å²) < 4.78 is 21.9. The Morgan fingerprint density at radius 2 is 1.82 bits per heavy atom. The highest BCUT2D eigenvalue weighted by molar-refractivity contribution is 5.69. The van der Waals surface area contributed by atoms with Crippen LogP contribution in [0.1, 0.15) is 30.9 Å². The fourth-order valence-electron chi connectivity index (χ4n) is 3.65. The first kappa shape index (κ1) is 18.8. The van der Waals surface area contributed by atoms with Crippen molar-refractivity contribution in [1.29, 1.82) is 0 Å². The van der Waals surface area contributed by atoms with E-state index in [1.807, 2.05) is 30.3 Å². The lowest BCUT2D eigenvalue weighted by Gasteiger charge is -2.25. The summed E-state index contributed by atoms with van der Waals surface area (Å²) in [6.07, 6.45) is 2.50. The Morgan fingerprint density at radius 3 is 2.57 bits per heavy atom. The molecule has 4 rings (SSSR count). The highest BCUT2D eigenvalue weighted by Crippen LogP contribution is 2.33. The molecule has 148 valence electrons. The molecule has 2 aliphatic rings. The third-order valence-corrected chi connectivity index (χ3v) is 4.92. The molecule has 1 saturated heterocycles. The molecule has 0 spiro atoms. The molecule has 2 aromatic rings. The molecule has 2 aliphatic heterocycles. The minimum absolute atomic E-state index is 0.273. The molecule has 0 amide bonds. The van der Waals surface area contributed by atoms with Gasteiger partial charge in [0.2, 0.25) is 6.79 Å². The van der Waals surface area contributed by atoms with Gasteiger partial charge in [0, 0.05) is 33.2 Å². The van der Waals surface area contributed by atoms with Gasteiger partial charge in [0.15, 0.2) is 11.5 Å². The molecule has 1 fully saturated rings. The van der Waals surface area contributed by atoms with Crippen molar-refractivity contribution in [3.8, 4) is 17.2 Å². The topological polar surface area (TPSA) is 57.2 Å². The van der Waals surface area contributed by atoms with Gasteiger partial charge in [-0.3, -0.25) is 9.69 Å². The first-order valence-electron chi connectivity index (χ1n) is 9.65. The van der Waals surface area contributed by atoms with Gasteiger partial charge in [-0.15, -0.1) is 0 Å². The van der Waals surface area contributed by atoms with Crippen LogP contribution in [0.15, 0.2) is 42.5 Å². The van der Waals surface area contributed by atoms with Crippen LogP contribution in [-0.4, -0.2) is 36.9 Å². The van der Waals surface area contributed by atoms with Crippen LogP contribution in [0.3, 0.4) is 0 Å². The quantitative estimate of drug-likeness (QED) is 0.539. The van der Waals surface area contributed by atoms with Gasteiger partial charge in [-0.1, -0.05) is 18.2 Å². The Labute approximate surface area is 165 Å². The van der Waals surface area contributed by atoms with Crippen molar-refractivity contribution in [2.24, 2.45) is 0 Å². The van der Waals surface area contributed by atoms with E-state index in [-0.39, 0.29) is 18.9 Å². The Hall–Kier alpha value is -2.57. The first-order chi connectivity index (χ1) is 13.7. The van der Waals surface area contributed by atoms with Gasteiger partial charge < -0.3 is 18.9 Å². The number of ether oxygens (including phenoxy) is 4. The Balaban J connectivity index is 1.46. The van der Waals surface area contributed by atoms with Crippen molar-refractivity contribution >= 4 is 5.97 Å². The molecule has 0 radical (unpaired) electrons. The Bertz CT molecular complexity index is 814. The average molecular weight is 383 g/mol. The molecular formula is C22H25NO5. The molecule has 0 bridgehead atoms. The van der Waals surface area contributed by atoms with Crippen LogP contribution >= 0.6 is 0 Å².